The molecule has 0 spiro atoms. The van der Waals surface area contributed by atoms with Gasteiger partial charge in [0.15, 0.2) is 0 Å². The van der Waals surface area contributed by atoms with E-state index < -0.39 is 41.0 Å². The van der Waals surface area contributed by atoms with Crippen LogP contribution in [0.25, 0.3) is 0 Å². The molecular weight excluding hydrogens is 512 g/mol. The number of halogens is 2. The van der Waals surface area contributed by atoms with Crippen molar-refractivity contribution in [2.24, 2.45) is 11.1 Å². The third-order valence-corrected chi connectivity index (χ3v) is 7.41. The van der Waals surface area contributed by atoms with Gasteiger partial charge in [0.05, 0.1) is 17.6 Å². The second-order valence-corrected chi connectivity index (χ2v) is 10.8. The number of carbonyl (C=O) groups excluding carboxylic acids is 2. The van der Waals surface area contributed by atoms with Gasteiger partial charge in [0.25, 0.3) is 0 Å². The van der Waals surface area contributed by atoms with Crippen LogP contribution in [0.5, 0.6) is 0 Å². The minimum absolute atomic E-state index is 0.00743. The second-order valence-electron chi connectivity index (χ2n) is 10.8. The number of allylic oxidation sites excluding steroid dienone is 2. The van der Waals surface area contributed by atoms with Gasteiger partial charge in [0.1, 0.15) is 11.6 Å². The highest BCUT2D eigenvalue weighted by atomic mass is 19.1. The molecule has 40 heavy (non-hydrogen) atoms. The fraction of sp³-hybridized carbons (Fsp3) is 0.438. The maximum absolute atomic E-state index is 13.9. The predicted octanol–water partition coefficient (Wildman–Crippen LogP) is 4.64. The number of hydrogen-bond acceptors (Lipinski definition) is 4. The van der Waals surface area contributed by atoms with Crippen LogP contribution in [0.2, 0.25) is 0 Å². The summed E-state index contributed by atoms with van der Waals surface area (Å²) >= 11 is 0. The van der Waals surface area contributed by atoms with Gasteiger partial charge in [-0.25, -0.2) is 8.78 Å². The fourth-order valence-electron chi connectivity index (χ4n) is 5.27. The standard InChI is InChI=1S/C32H41F2N3O3/c1-4-6-10-32(31(35)40)17-21(3)11-25(18-32)30(39)37-28(15-24-13-26(33)16-27(34)14-24)29(38)20-36-19-23-9-7-8-22(5-2)12-23/h7-9,11-14,16-17,28-29,36,38H,4-6,10,15,18-20H2,1-3H3,(H2,35,40)(H,37,39)/t28-,29+,32?/m0/s1. The van der Waals surface area contributed by atoms with Crippen molar-refractivity contribution in [1.82, 2.24) is 10.6 Å². The van der Waals surface area contributed by atoms with Gasteiger partial charge >= 0.3 is 0 Å². The number of aryl methyl sites for hydroxylation is 1. The monoisotopic (exact) mass is 553 g/mol. The van der Waals surface area contributed by atoms with E-state index >= 15 is 0 Å². The normalized spacial score (nSPS) is 18.4. The summed E-state index contributed by atoms with van der Waals surface area (Å²) in [6.07, 6.45) is 5.73. The van der Waals surface area contributed by atoms with E-state index in [2.05, 4.69) is 23.6 Å². The van der Waals surface area contributed by atoms with Crippen LogP contribution in [0.4, 0.5) is 8.78 Å². The van der Waals surface area contributed by atoms with Crippen LogP contribution in [0.3, 0.4) is 0 Å². The number of benzene rings is 2. The Balaban J connectivity index is 1.78. The van der Waals surface area contributed by atoms with Gasteiger partial charge in [-0.3, -0.25) is 9.59 Å². The molecule has 3 atom stereocenters. The molecule has 0 heterocycles. The average Bonchev–Trinajstić information content (AvgIpc) is 2.90. The molecule has 2 aromatic carbocycles. The van der Waals surface area contributed by atoms with Gasteiger partial charge in [-0.05, 0) is 61.4 Å². The van der Waals surface area contributed by atoms with E-state index in [1.807, 2.05) is 38.1 Å². The van der Waals surface area contributed by atoms with Crippen molar-refractivity contribution in [3.05, 3.63) is 94.1 Å². The lowest BCUT2D eigenvalue weighted by Gasteiger charge is -2.33. The van der Waals surface area contributed by atoms with Crippen LogP contribution in [-0.4, -0.2) is 35.6 Å². The SMILES string of the molecule is CCCCC1(C(N)=O)C=C(C)C=C(C(=O)N[C@@H](Cc2cc(F)cc(F)c2)[C@H](O)CNCc2cccc(CC)c2)C1. The molecule has 1 aliphatic carbocycles. The maximum Gasteiger partial charge on any atom is 0.247 e. The molecule has 0 aliphatic heterocycles. The molecule has 2 amide bonds. The Morgan fingerprint density at radius 1 is 1.07 bits per heavy atom. The van der Waals surface area contributed by atoms with E-state index in [0.29, 0.717) is 24.1 Å². The summed E-state index contributed by atoms with van der Waals surface area (Å²) < 4.78 is 27.9. The highest BCUT2D eigenvalue weighted by molar-refractivity contribution is 5.96. The van der Waals surface area contributed by atoms with Crippen molar-refractivity contribution in [2.75, 3.05) is 6.54 Å². The Hall–Kier alpha value is -3.36. The predicted molar refractivity (Wildman–Crippen MR) is 153 cm³/mol. The van der Waals surface area contributed by atoms with Crippen LogP contribution < -0.4 is 16.4 Å². The zero-order valence-corrected chi connectivity index (χ0v) is 23.6. The Bertz CT molecular complexity index is 1240. The molecule has 0 aromatic heterocycles. The van der Waals surface area contributed by atoms with Crippen molar-refractivity contribution in [3.63, 3.8) is 0 Å². The lowest BCUT2D eigenvalue weighted by molar-refractivity contribution is -0.126. The molecule has 0 bridgehead atoms. The molecule has 1 unspecified atom stereocenters. The topological polar surface area (TPSA) is 104 Å². The molecule has 5 N–H and O–H groups in total. The number of amides is 2. The van der Waals surface area contributed by atoms with Crippen LogP contribution in [-0.2, 0) is 29.0 Å². The molecular formula is C32H41F2N3O3. The van der Waals surface area contributed by atoms with Gasteiger partial charge in [-0.1, -0.05) is 68.7 Å². The number of rotatable bonds is 14. The number of hydrogen-bond donors (Lipinski definition) is 4. The third-order valence-electron chi connectivity index (χ3n) is 7.41. The van der Waals surface area contributed by atoms with E-state index in [1.54, 1.807) is 6.08 Å². The maximum atomic E-state index is 13.9. The molecule has 0 radical (unpaired) electrons. The summed E-state index contributed by atoms with van der Waals surface area (Å²) in [7, 11) is 0. The zero-order valence-electron chi connectivity index (χ0n) is 23.6. The summed E-state index contributed by atoms with van der Waals surface area (Å²) in [5, 5.41) is 17.2. The molecule has 1 aliphatic rings. The first-order valence-electron chi connectivity index (χ1n) is 14.0. The number of nitrogens with one attached hydrogen (secondary N) is 2. The smallest absolute Gasteiger partial charge is 0.247 e. The van der Waals surface area contributed by atoms with E-state index in [9.17, 15) is 23.5 Å². The Kier molecular flexibility index (Phi) is 11.2. The van der Waals surface area contributed by atoms with Gasteiger partial charge in [-0.15, -0.1) is 0 Å². The van der Waals surface area contributed by atoms with Gasteiger partial charge in [0, 0.05) is 24.7 Å². The van der Waals surface area contributed by atoms with Crippen LogP contribution in [0.15, 0.2) is 65.8 Å². The van der Waals surface area contributed by atoms with Crippen molar-refractivity contribution < 1.29 is 23.5 Å². The van der Waals surface area contributed by atoms with E-state index in [0.717, 1.165) is 36.5 Å². The molecule has 0 saturated carbocycles. The highest BCUT2D eigenvalue weighted by Crippen LogP contribution is 2.38. The lowest BCUT2D eigenvalue weighted by Crippen LogP contribution is -2.49. The number of aliphatic hydroxyl groups excluding tert-OH is 1. The summed E-state index contributed by atoms with van der Waals surface area (Å²) in [4.78, 5) is 26.0. The second kappa shape index (κ2) is 14.3. The summed E-state index contributed by atoms with van der Waals surface area (Å²) in [5.41, 5.74) is 8.55. The molecule has 0 saturated heterocycles. The van der Waals surface area contributed by atoms with Crippen molar-refractivity contribution in [1.29, 1.82) is 0 Å². The van der Waals surface area contributed by atoms with Crippen molar-refractivity contribution in [2.45, 2.75) is 78.0 Å². The third kappa shape index (κ3) is 8.57. The van der Waals surface area contributed by atoms with Crippen molar-refractivity contribution in [3.8, 4) is 0 Å². The van der Waals surface area contributed by atoms with Gasteiger partial charge < -0.3 is 21.5 Å². The van der Waals surface area contributed by atoms with Gasteiger partial charge in [-0.2, -0.15) is 0 Å². The summed E-state index contributed by atoms with van der Waals surface area (Å²) in [6.45, 7) is 6.56. The van der Waals surface area contributed by atoms with Crippen LogP contribution in [0, 0.1) is 17.0 Å². The van der Waals surface area contributed by atoms with Crippen molar-refractivity contribution >= 4 is 11.8 Å². The number of aliphatic hydroxyl groups is 1. The molecule has 0 fully saturated rings. The molecule has 3 rings (SSSR count). The molecule has 6 nitrogen and oxygen atoms in total. The first-order valence-corrected chi connectivity index (χ1v) is 14.0. The fourth-order valence-corrected chi connectivity index (χ4v) is 5.27. The van der Waals surface area contributed by atoms with Crippen LogP contribution >= 0.6 is 0 Å². The molecule has 2 aromatic rings. The largest absolute Gasteiger partial charge is 0.390 e. The number of unbranched alkanes of at least 4 members (excludes halogenated alkanes) is 1. The minimum atomic E-state index is -1.06. The van der Waals surface area contributed by atoms with E-state index in [4.69, 9.17) is 5.73 Å². The van der Waals surface area contributed by atoms with Gasteiger partial charge in [0.2, 0.25) is 11.8 Å². The Morgan fingerprint density at radius 3 is 2.42 bits per heavy atom. The summed E-state index contributed by atoms with van der Waals surface area (Å²) in [6, 6.07) is 10.4. The number of nitrogens with two attached hydrogens (primary N) is 1. The quantitative estimate of drug-likeness (QED) is 0.274. The first-order chi connectivity index (χ1) is 19.0. The highest BCUT2D eigenvalue weighted by Gasteiger charge is 2.38. The number of carbonyl (C=O) groups is 2. The summed E-state index contributed by atoms with van der Waals surface area (Å²) in [5.74, 6) is -2.41. The number of primary amides is 1. The molecule has 8 heteroatoms. The lowest BCUT2D eigenvalue weighted by atomic mass is 9.72. The first kappa shape index (κ1) is 31.2. The van der Waals surface area contributed by atoms with E-state index in [1.165, 1.54) is 17.7 Å². The minimum Gasteiger partial charge on any atom is -0.390 e. The Morgan fingerprint density at radius 2 is 1.77 bits per heavy atom. The van der Waals surface area contributed by atoms with Crippen LogP contribution in [0.1, 0.15) is 63.1 Å². The zero-order chi connectivity index (χ0) is 29.3. The molecule has 216 valence electrons. The average molecular weight is 554 g/mol. The Labute approximate surface area is 235 Å². The van der Waals surface area contributed by atoms with E-state index in [-0.39, 0.29) is 19.4 Å².